The third-order valence-electron chi connectivity index (χ3n) is 3.76. The van der Waals surface area contributed by atoms with Gasteiger partial charge in [0.15, 0.2) is 0 Å². The molecule has 1 aromatic carbocycles. The number of H-pyrrole nitrogens is 1. The van der Waals surface area contributed by atoms with Gasteiger partial charge >= 0.3 is 0 Å². The second-order valence-electron chi connectivity index (χ2n) is 5.35. The minimum atomic E-state index is -0.301. The zero-order valence-corrected chi connectivity index (χ0v) is 12.8. The molecule has 0 radical (unpaired) electrons. The normalized spacial score (nSPS) is 12.5. The van der Waals surface area contributed by atoms with E-state index in [0.29, 0.717) is 5.56 Å². The smallest absolute Gasteiger partial charge is 0.131 e. The Morgan fingerprint density at radius 2 is 2.14 bits per heavy atom. The molecule has 0 spiro atoms. The molecular formula is C17H18FN3O. The number of hydrogen-bond acceptors (Lipinski definition) is 3. The number of aryl methyl sites for hydroxylation is 1. The number of fused-ring (bicyclic) bond motifs is 1. The maximum atomic E-state index is 14.1. The minimum Gasteiger partial charge on any atom is -0.377 e. The summed E-state index contributed by atoms with van der Waals surface area (Å²) >= 11 is 0. The van der Waals surface area contributed by atoms with E-state index in [4.69, 9.17) is 4.74 Å². The number of nitrogens with zero attached hydrogens (tertiary/aromatic N) is 1. The van der Waals surface area contributed by atoms with Gasteiger partial charge in [-0.1, -0.05) is 6.07 Å². The number of anilines is 2. The van der Waals surface area contributed by atoms with Crippen LogP contribution >= 0.6 is 0 Å². The summed E-state index contributed by atoms with van der Waals surface area (Å²) in [6, 6.07) is 7.21. The first-order valence-corrected chi connectivity index (χ1v) is 7.11. The van der Waals surface area contributed by atoms with E-state index in [0.717, 1.165) is 28.0 Å². The molecule has 0 amide bonds. The van der Waals surface area contributed by atoms with Crippen LogP contribution in [-0.4, -0.2) is 17.1 Å². The van der Waals surface area contributed by atoms with Crippen molar-refractivity contribution in [2.45, 2.75) is 20.0 Å². The van der Waals surface area contributed by atoms with E-state index in [1.165, 1.54) is 6.07 Å². The van der Waals surface area contributed by atoms with Crippen molar-refractivity contribution in [3.63, 3.8) is 0 Å². The molecule has 1 unspecified atom stereocenters. The highest BCUT2D eigenvalue weighted by molar-refractivity contribution is 5.94. The van der Waals surface area contributed by atoms with Gasteiger partial charge in [0.1, 0.15) is 11.6 Å². The van der Waals surface area contributed by atoms with Gasteiger partial charge in [-0.3, -0.25) is 0 Å². The summed E-state index contributed by atoms with van der Waals surface area (Å²) < 4.78 is 19.3. The Morgan fingerprint density at radius 3 is 2.82 bits per heavy atom. The molecule has 0 fully saturated rings. The predicted molar refractivity (Wildman–Crippen MR) is 85.9 cm³/mol. The third-order valence-corrected chi connectivity index (χ3v) is 3.76. The summed E-state index contributed by atoms with van der Waals surface area (Å²) in [4.78, 5) is 7.40. The van der Waals surface area contributed by atoms with Crippen LogP contribution in [0.5, 0.6) is 0 Å². The molecule has 2 N–H and O–H groups in total. The SMILES string of the molecule is COC(C)c1cc2c(Nc3ccc(C)cn3)c[nH]c2cc1F. The molecule has 2 heterocycles. The molecular weight excluding hydrogens is 281 g/mol. The number of nitrogens with one attached hydrogen (secondary N) is 2. The Balaban J connectivity index is 2.01. The van der Waals surface area contributed by atoms with Crippen molar-refractivity contribution < 1.29 is 9.13 Å². The lowest BCUT2D eigenvalue weighted by molar-refractivity contribution is 0.116. The van der Waals surface area contributed by atoms with E-state index in [2.05, 4.69) is 15.3 Å². The van der Waals surface area contributed by atoms with E-state index in [1.54, 1.807) is 13.3 Å². The molecule has 0 aliphatic carbocycles. The Kier molecular flexibility index (Phi) is 3.81. The highest BCUT2D eigenvalue weighted by atomic mass is 19.1. The molecule has 1 atom stereocenters. The van der Waals surface area contributed by atoms with Crippen molar-refractivity contribution in [3.8, 4) is 0 Å². The van der Waals surface area contributed by atoms with E-state index in [1.807, 2.05) is 38.2 Å². The lowest BCUT2D eigenvalue weighted by atomic mass is 10.1. The number of benzene rings is 1. The third kappa shape index (κ3) is 2.67. The summed E-state index contributed by atoms with van der Waals surface area (Å²) in [6.45, 7) is 3.81. The molecule has 5 heteroatoms. The number of pyridine rings is 1. The quantitative estimate of drug-likeness (QED) is 0.747. The summed E-state index contributed by atoms with van der Waals surface area (Å²) in [7, 11) is 1.57. The summed E-state index contributed by atoms with van der Waals surface area (Å²) in [5, 5.41) is 4.16. The number of methoxy groups -OCH3 is 1. The van der Waals surface area contributed by atoms with Gasteiger partial charge in [-0.2, -0.15) is 0 Å². The van der Waals surface area contributed by atoms with E-state index < -0.39 is 0 Å². The highest BCUT2D eigenvalue weighted by Crippen LogP contribution is 2.31. The van der Waals surface area contributed by atoms with Gasteiger partial charge in [-0.05, 0) is 37.6 Å². The van der Waals surface area contributed by atoms with Gasteiger partial charge in [-0.25, -0.2) is 9.37 Å². The van der Waals surface area contributed by atoms with E-state index in [-0.39, 0.29) is 11.9 Å². The van der Waals surface area contributed by atoms with Crippen molar-refractivity contribution in [1.29, 1.82) is 0 Å². The van der Waals surface area contributed by atoms with Gasteiger partial charge in [0.05, 0.1) is 17.3 Å². The van der Waals surface area contributed by atoms with Crippen LogP contribution in [0.2, 0.25) is 0 Å². The minimum absolute atomic E-state index is 0.274. The van der Waals surface area contributed by atoms with Crippen molar-refractivity contribution >= 4 is 22.4 Å². The summed E-state index contributed by atoms with van der Waals surface area (Å²) in [5.74, 6) is 0.473. The molecule has 3 rings (SSSR count). The zero-order chi connectivity index (χ0) is 15.7. The largest absolute Gasteiger partial charge is 0.377 e. The average Bonchev–Trinajstić information content (AvgIpc) is 2.90. The zero-order valence-electron chi connectivity index (χ0n) is 12.8. The van der Waals surface area contributed by atoms with Crippen LogP contribution in [0.4, 0.5) is 15.9 Å². The highest BCUT2D eigenvalue weighted by Gasteiger charge is 2.14. The summed E-state index contributed by atoms with van der Waals surface area (Å²) in [5.41, 5.74) is 3.23. The van der Waals surface area contributed by atoms with Crippen LogP contribution < -0.4 is 5.32 Å². The van der Waals surface area contributed by atoms with E-state index >= 15 is 0 Å². The first kappa shape index (κ1) is 14.5. The first-order valence-electron chi connectivity index (χ1n) is 7.11. The standard InChI is InChI=1S/C17H18FN3O/c1-10-4-5-17(20-8-10)21-16-9-19-15-7-14(18)12(6-13(15)16)11(2)22-3/h4-9,11,19H,1-3H3,(H,20,21). The Morgan fingerprint density at radius 1 is 1.32 bits per heavy atom. The Bertz CT molecular complexity index is 796. The maximum absolute atomic E-state index is 14.1. The van der Waals surface area contributed by atoms with Gasteiger partial charge in [-0.15, -0.1) is 0 Å². The average molecular weight is 299 g/mol. The van der Waals surface area contributed by atoms with Gasteiger partial charge < -0.3 is 15.0 Å². The molecule has 0 saturated carbocycles. The monoisotopic (exact) mass is 299 g/mol. The van der Waals surface area contributed by atoms with Crippen LogP contribution in [0.1, 0.15) is 24.2 Å². The molecule has 3 aromatic rings. The Labute approximate surface area is 128 Å². The van der Waals surface area contributed by atoms with Crippen molar-refractivity contribution in [2.24, 2.45) is 0 Å². The van der Waals surface area contributed by atoms with Gasteiger partial charge in [0.2, 0.25) is 0 Å². The van der Waals surface area contributed by atoms with Crippen LogP contribution in [-0.2, 0) is 4.74 Å². The number of hydrogen-bond donors (Lipinski definition) is 2. The van der Waals surface area contributed by atoms with Crippen molar-refractivity contribution in [3.05, 3.63) is 53.6 Å². The topological polar surface area (TPSA) is 49.9 Å². The molecule has 0 bridgehead atoms. The number of ether oxygens (including phenoxy) is 1. The second-order valence-corrected chi connectivity index (χ2v) is 5.35. The number of halogens is 1. The molecule has 22 heavy (non-hydrogen) atoms. The number of aromatic amines is 1. The van der Waals surface area contributed by atoms with Crippen LogP contribution in [0, 0.1) is 12.7 Å². The fraction of sp³-hybridized carbons (Fsp3) is 0.235. The first-order chi connectivity index (χ1) is 10.6. The number of rotatable bonds is 4. The molecule has 0 saturated heterocycles. The molecule has 0 aliphatic rings. The lowest BCUT2D eigenvalue weighted by Gasteiger charge is -2.12. The molecule has 4 nitrogen and oxygen atoms in total. The predicted octanol–water partition coefficient (Wildman–Crippen LogP) is 4.46. The van der Waals surface area contributed by atoms with Crippen LogP contribution in [0.25, 0.3) is 10.9 Å². The maximum Gasteiger partial charge on any atom is 0.131 e. The number of aromatic nitrogens is 2. The fourth-order valence-electron chi connectivity index (χ4n) is 2.38. The van der Waals surface area contributed by atoms with Crippen LogP contribution in [0.3, 0.4) is 0 Å². The second kappa shape index (κ2) is 5.77. The summed E-state index contributed by atoms with van der Waals surface area (Å²) in [6.07, 6.45) is 3.31. The molecule has 114 valence electrons. The van der Waals surface area contributed by atoms with Crippen LogP contribution in [0.15, 0.2) is 36.7 Å². The Hall–Kier alpha value is -2.40. The van der Waals surface area contributed by atoms with Gasteiger partial charge in [0.25, 0.3) is 0 Å². The fourth-order valence-corrected chi connectivity index (χ4v) is 2.38. The van der Waals surface area contributed by atoms with Crippen molar-refractivity contribution in [2.75, 3.05) is 12.4 Å². The van der Waals surface area contributed by atoms with E-state index in [9.17, 15) is 4.39 Å². The van der Waals surface area contributed by atoms with Crippen molar-refractivity contribution in [1.82, 2.24) is 9.97 Å². The molecule has 2 aromatic heterocycles. The lowest BCUT2D eigenvalue weighted by Crippen LogP contribution is -1.99. The van der Waals surface area contributed by atoms with Gasteiger partial charge in [0, 0.05) is 30.5 Å². The molecule has 0 aliphatic heterocycles.